The van der Waals surface area contributed by atoms with Gasteiger partial charge in [-0.05, 0) is 25.7 Å². The van der Waals surface area contributed by atoms with Gasteiger partial charge in [-0.1, -0.05) is 85.0 Å². The van der Waals surface area contributed by atoms with Gasteiger partial charge in [0.2, 0.25) is 0 Å². The van der Waals surface area contributed by atoms with Gasteiger partial charge in [-0.2, -0.15) is 0 Å². The average molecular weight is 422 g/mol. The van der Waals surface area contributed by atoms with Crippen LogP contribution < -0.4 is 0 Å². The van der Waals surface area contributed by atoms with Crippen LogP contribution in [0.3, 0.4) is 0 Å². The Labute approximate surface area is 178 Å². The molecule has 0 fully saturated rings. The minimum Gasteiger partial charge on any atom is -0.331 e. The normalized spacial score (nSPS) is 11.2. The Balaban J connectivity index is 0. The summed E-state index contributed by atoms with van der Waals surface area (Å²) in [7, 11) is 5.00. The van der Waals surface area contributed by atoms with Gasteiger partial charge < -0.3 is 4.48 Å². The van der Waals surface area contributed by atoms with Crippen LogP contribution in [0.2, 0.25) is 0 Å². The van der Waals surface area contributed by atoms with E-state index >= 15 is 0 Å². The zero-order chi connectivity index (χ0) is 21.5. The van der Waals surface area contributed by atoms with Crippen molar-refractivity contribution in [3.8, 4) is 0 Å². The number of hydrogen-bond donors (Lipinski definition) is 0. The van der Waals surface area contributed by atoms with E-state index in [4.69, 9.17) is 9.05 Å². The number of rotatable bonds is 19. The molecular weight excluding hydrogens is 369 g/mol. The van der Waals surface area contributed by atoms with Gasteiger partial charge >= 0.3 is 8.25 Å². The highest BCUT2D eigenvalue weighted by atomic mass is 31.1. The summed E-state index contributed by atoms with van der Waals surface area (Å²) in [4.78, 5) is 0. The van der Waals surface area contributed by atoms with Crippen molar-refractivity contribution in [1.82, 2.24) is 0 Å². The third-order valence-corrected chi connectivity index (χ3v) is 5.36. The Morgan fingerprint density at radius 2 is 0.929 bits per heavy atom. The third kappa shape index (κ3) is 30.7. The van der Waals surface area contributed by atoms with Crippen molar-refractivity contribution < 1.29 is 18.1 Å². The van der Waals surface area contributed by atoms with E-state index in [9.17, 15) is 4.57 Å². The lowest BCUT2D eigenvalue weighted by Crippen LogP contribution is -2.35. The molecule has 0 aromatic rings. The Morgan fingerprint density at radius 3 is 1.29 bits per heavy atom. The van der Waals surface area contributed by atoms with Crippen LogP contribution >= 0.6 is 8.25 Å². The van der Waals surface area contributed by atoms with Gasteiger partial charge in [0.05, 0.1) is 27.7 Å². The van der Waals surface area contributed by atoms with Crippen molar-refractivity contribution in [3.63, 3.8) is 0 Å². The Kier molecular flexibility index (Phi) is 25.1. The van der Waals surface area contributed by atoms with Crippen LogP contribution in [0.4, 0.5) is 0 Å². The summed E-state index contributed by atoms with van der Waals surface area (Å²) < 4.78 is 21.9. The summed E-state index contributed by atoms with van der Waals surface area (Å²) in [6, 6.07) is 0. The van der Waals surface area contributed by atoms with E-state index in [-0.39, 0.29) is 0 Å². The molecule has 0 N–H and O–H groups in total. The minimum atomic E-state index is -1.85. The van der Waals surface area contributed by atoms with Crippen molar-refractivity contribution in [2.75, 3.05) is 40.9 Å². The standard InChI is InChI=1S/C15H34N.C8H18O3P/c1-5-6-7-8-9-10-11-12-13-14-15-16(2,3)4;1-3-5-7-10-12(9)11-8-6-4-2/h5-15H2,1-4H3;3-8H2,1-2H3/q2*+1. The molecule has 0 amide bonds. The van der Waals surface area contributed by atoms with E-state index in [1.807, 2.05) is 0 Å². The highest BCUT2D eigenvalue weighted by molar-refractivity contribution is 7.33. The van der Waals surface area contributed by atoms with Crippen molar-refractivity contribution in [1.29, 1.82) is 0 Å². The zero-order valence-electron chi connectivity index (χ0n) is 20.1. The predicted octanol–water partition coefficient (Wildman–Crippen LogP) is 7.89. The average Bonchev–Trinajstić information content (AvgIpc) is 2.63. The summed E-state index contributed by atoms with van der Waals surface area (Å²) in [5.41, 5.74) is 0. The topological polar surface area (TPSA) is 35.5 Å². The lowest BCUT2D eigenvalue weighted by Gasteiger charge is -2.23. The molecule has 0 bridgehead atoms. The fraction of sp³-hybridized carbons (Fsp3) is 1.00. The molecule has 170 valence electrons. The smallest absolute Gasteiger partial charge is 0.331 e. The number of nitrogens with zero attached hydrogens (tertiary/aromatic N) is 1. The van der Waals surface area contributed by atoms with Crippen LogP contribution in [-0.2, 0) is 13.6 Å². The summed E-state index contributed by atoms with van der Waals surface area (Å²) in [5, 5.41) is 0. The molecule has 0 radical (unpaired) electrons. The molecule has 0 aliphatic carbocycles. The fourth-order valence-corrected chi connectivity index (χ4v) is 3.31. The Hall–Kier alpha value is -0.0200. The molecule has 0 heterocycles. The summed E-state index contributed by atoms with van der Waals surface area (Å²) in [6.07, 6.45) is 18.4. The van der Waals surface area contributed by atoms with Crippen LogP contribution in [0, 0.1) is 0 Å². The molecule has 0 aromatic heterocycles. The van der Waals surface area contributed by atoms with E-state index in [0.29, 0.717) is 13.2 Å². The molecule has 0 atom stereocenters. The van der Waals surface area contributed by atoms with Gasteiger partial charge in [-0.3, -0.25) is 0 Å². The molecule has 0 aliphatic rings. The maximum Gasteiger partial charge on any atom is 0.697 e. The van der Waals surface area contributed by atoms with Crippen LogP contribution in [-0.4, -0.2) is 45.4 Å². The monoisotopic (exact) mass is 421 g/mol. The quantitative estimate of drug-likeness (QED) is 0.121. The third-order valence-electron chi connectivity index (χ3n) is 4.57. The van der Waals surface area contributed by atoms with E-state index in [1.54, 1.807) is 0 Å². The molecule has 0 spiro atoms. The maximum atomic E-state index is 10.9. The Morgan fingerprint density at radius 1 is 0.571 bits per heavy atom. The second-order valence-electron chi connectivity index (χ2n) is 8.79. The molecule has 0 aromatic carbocycles. The first kappa shape index (κ1) is 30.2. The number of unbranched alkanes of at least 4 members (excludes halogenated alkanes) is 11. The van der Waals surface area contributed by atoms with Gasteiger partial charge in [0.15, 0.2) is 0 Å². The van der Waals surface area contributed by atoms with Gasteiger partial charge in [-0.15, -0.1) is 9.05 Å². The SMILES string of the molecule is CCCCCCCCCCCC[N+](C)(C)C.CCCCO[P+](=O)OCCCC. The van der Waals surface area contributed by atoms with E-state index < -0.39 is 8.25 Å². The summed E-state index contributed by atoms with van der Waals surface area (Å²) >= 11 is 0. The predicted molar refractivity (Wildman–Crippen MR) is 124 cm³/mol. The highest BCUT2D eigenvalue weighted by Crippen LogP contribution is 2.24. The fourth-order valence-electron chi connectivity index (χ4n) is 2.68. The van der Waals surface area contributed by atoms with Crippen molar-refractivity contribution in [2.45, 2.75) is 111 Å². The van der Waals surface area contributed by atoms with Crippen LogP contribution in [0.1, 0.15) is 111 Å². The first-order valence-corrected chi connectivity index (χ1v) is 13.0. The number of hydrogen-bond acceptors (Lipinski definition) is 3. The molecule has 4 nitrogen and oxygen atoms in total. The van der Waals surface area contributed by atoms with Crippen molar-refractivity contribution >= 4 is 8.25 Å². The van der Waals surface area contributed by atoms with Gasteiger partial charge in [0, 0.05) is 4.57 Å². The van der Waals surface area contributed by atoms with Crippen LogP contribution in [0.15, 0.2) is 0 Å². The summed E-state index contributed by atoms with van der Waals surface area (Å²) in [5.74, 6) is 0. The second kappa shape index (κ2) is 23.3. The van der Waals surface area contributed by atoms with Gasteiger partial charge in [0.25, 0.3) is 0 Å². The first-order chi connectivity index (χ1) is 13.4. The molecule has 28 heavy (non-hydrogen) atoms. The maximum absolute atomic E-state index is 10.9. The first-order valence-electron chi connectivity index (χ1n) is 11.9. The molecular formula is C23H52NO3P+2. The van der Waals surface area contributed by atoms with Crippen LogP contribution in [0.5, 0.6) is 0 Å². The second-order valence-corrected chi connectivity index (χ2v) is 9.76. The largest absolute Gasteiger partial charge is 0.697 e. The van der Waals surface area contributed by atoms with E-state index in [1.165, 1.54) is 70.8 Å². The molecule has 0 aliphatic heterocycles. The lowest BCUT2D eigenvalue weighted by atomic mass is 10.1. The number of quaternary nitrogens is 1. The van der Waals surface area contributed by atoms with Crippen molar-refractivity contribution in [2.24, 2.45) is 0 Å². The molecule has 0 saturated heterocycles. The highest BCUT2D eigenvalue weighted by Gasteiger charge is 2.18. The van der Waals surface area contributed by atoms with Crippen LogP contribution in [0.25, 0.3) is 0 Å². The molecule has 0 saturated carbocycles. The van der Waals surface area contributed by atoms with Gasteiger partial charge in [-0.25, -0.2) is 0 Å². The molecule has 0 unspecified atom stereocenters. The van der Waals surface area contributed by atoms with E-state index in [0.717, 1.165) is 30.2 Å². The molecule has 0 rings (SSSR count). The minimum absolute atomic E-state index is 0.540. The lowest BCUT2D eigenvalue weighted by molar-refractivity contribution is -0.870. The zero-order valence-corrected chi connectivity index (χ0v) is 21.0. The van der Waals surface area contributed by atoms with Crippen molar-refractivity contribution in [3.05, 3.63) is 0 Å². The van der Waals surface area contributed by atoms with Gasteiger partial charge in [0.1, 0.15) is 13.2 Å². The summed E-state index contributed by atoms with van der Waals surface area (Å²) in [6.45, 7) is 8.82. The Bertz CT molecular complexity index is 307. The van der Waals surface area contributed by atoms with E-state index in [2.05, 4.69) is 41.9 Å². The molecule has 5 heteroatoms.